The van der Waals surface area contributed by atoms with E-state index in [1.54, 1.807) is 18.6 Å². The van der Waals surface area contributed by atoms with Crippen LogP contribution < -0.4 is 0 Å². The van der Waals surface area contributed by atoms with Gasteiger partial charge in [0.05, 0.1) is 5.56 Å². The lowest BCUT2D eigenvalue weighted by molar-refractivity contribution is 0.619. The Labute approximate surface area is 92.0 Å². The minimum absolute atomic E-state index is 0.560. The van der Waals surface area contributed by atoms with Gasteiger partial charge in [0.1, 0.15) is 0 Å². The van der Waals surface area contributed by atoms with E-state index in [1.807, 2.05) is 25.1 Å². The van der Waals surface area contributed by atoms with Crippen molar-refractivity contribution in [2.75, 3.05) is 0 Å². The van der Waals surface area contributed by atoms with Gasteiger partial charge >= 0.3 is 0 Å². The molecule has 0 saturated carbocycles. The van der Waals surface area contributed by atoms with Crippen molar-refractivity contribution in [2.45, 2.75) is 6.92 Å². The van der Waals surface area contributed by atoms with Gasteiger partial charge in [-0.2, -0.15) is 4.98 Å². The molecule has 0 aliphatic carbocycles. The second kappa shape index (κ2) is 3.41. The highest BCUT2D eigenvalue weighted by Gasteiger charge is 2.08. The van der Waals surface area contributed by atoms with Gasteiger partial charge < -0.3 is 4.42 Å². The lowest BCUT2D eigenvalue weighted by Crippen LogP contribution is -1.82. The third-order valence-electron chi connectivity index (χ3n) is 2.29. The summed E-state index contributed by atoms with van der Waals surface area (Å²) < 4.78 is 5.60. The van der Waals surface area contributed by atoms with Crippen LogP contribution in [-0.4, -0.2) is 15.0 Å². The van der Waals surface area contributed by atoms with E-state index in [1.165, 1.54) is 0 Å². The van der Waals surface area contributed by atoms with Crippen molar-refractivity contribution >= 4 is 11.2 Å². The Morgan fingerprint density at radius 3 is 3.00 bits per heavy atom. The molecule has 3 rings (SSSR count). The number of oxazole rings is 1. The van der Waals surface area contributed by atoms with E-state index in [4.69, 9.17) is 4.42 Å². The van der Waals surface area contributed by atoms with E-state index in [0.717, 1.165) is 11.1 Å². The number of aromatic nitrogens is 3. The van der Waals surface area contributed by atoms with Crippen LogP contribution >= 0.6 is 0 Å². The third-order valence-corrected chi connectivity index (χ3v) is 2.29. The lowest BCUT2D eigenvalue weighted by atomic mass is 10.2. The van der Waals surface area contributed by atoms with Crippen LogP contribution in [0.4, 0.5) is 0 Å². The molecule has 0 N–H and O–H groups in total. The van der Waals surface area contributed by atoms with Gasteiger partial charge in [0.2, 0.25) is 5.89 Å². The molecule has 0 atom stereocenters. The zero-order valence-corrected chi connectivity index (χ0v) is 8.71. The number of rotatable bonds is 1. The van der Waals surface area contributed by atoms with Gasteiger partial charge in [0.25, 0.3) is 0 Å². The minimum atomic E-state index is 0.560. The normalized spacial score (nSPS) is 10.8. The predicted molar refractivity (Wildman–Crippen MR) is 59.8 cm³/mol. The molecule has 0 aromatic carbocycles. The average molecular weight is 211 g/mol. The van der Waals surface area contributed by atoms with Crippen molar-refractivity contribution in [3.8, 4) is 11.5 Å². The van der Waals surface area contributed by atoms with Crippen LogP contribution in [-0.2, 0) is 0 Å². The van der Waals surface area contributed by atoms with Crippen LogP contribution in [0.3, 0.4) is 0 Å². The fourth-order valence-electron chi connectivity index (χ4n) is 1.56. The zero-order chi connectivity index (χ0) is 11.0. The highest BCUT2D eigenvalue weighted by Crippen LogP contribution is 2.22. The van der Waals surface area contributed by atoms with Crippen molar-refractivity contribution in [2.24, 2.45) is 0 Å². The van der Waals surface area contributed by atoms with Crippen LogP contribution in [0.2, 0.25) is 0 Å². The van der Waals surface area contributed by atoms with Gasteiger partial charge in [-0.3, -0.25) is 4.98 Å². The third kappa shape index (κ3) is 1.44. The number of hydrogen-bond donors (Lipinski definition) is 0. The SMILES string of the molecule is Cc1cncc(-c2nc3ncccc3o2)c1. The van der Waals surface area contributed by atoms with Gasteiger partial charge in [-0.1, -0.05) is 0 Å². The number of pyridine rings is 2. The van der Waals surface area contributed by atoms with Gasteiger partial charge in [0, 0.05) is 18.6 Å². The standard InChI is InChI=1S/C12H9N3O/c1-8-5-9(7-13-6-8)12-15-11-10(16-12)3-2-4-14-11/h2-7H,1H3. The highest BCUT2D eigenvalue weighted by atomic mass is 16.3. The summed E-state index contributed by atoms with van der Waals surface area (Å²) in [4.78, 5) is 12.5. The Morgan fingerprint density at radius 1 is 1.25 bits per heavy atom. The van der Waals surface area contributed by atoms with Crippen LogP contribution in [0.25, 0.3) is 22.7 Å². The summed E-state index contributed by atoms with van der Waals surface area (Å²) in [5, 5.41) is 0. The first-order valence-corrected chi connectivity index (χ1v) is 4.96. The molecule has 0 spiro atoms. The lowest BCUT2D eigenvalue weighted by Gasteiger charge is -1.94. The molecule has 4 heteroatoms. The number of nitrogens with zero attached hydrogens (tertiary/aromatic N) is 3. The molecule has 3 aromatic rings. The molecule has 16 heavy (non-hydrogen) atoms. The summed E-state index contributed by atoms with van der Waals surface area (Å²) in [7, 11) is 0. The molecule has 0 fully saturated rings. The monoisotopic (exact) mass is 211 g/mol. The second-order valence-corrected chi connectivity index (χ2v) is 3.60. The van der Waals surface area contributed by atoms with E-state index >= 15 is 0 Å². The molecule has 0 unspecified atom stereocenters. The molecule has 78 valence electrons. The summed E-state index contributed by atoms with van der Waals surface area (Å²) in [6.07, 6.45) is 5.23. The molecule has 0 bridgehead atoms. The maximum atomic E-state index is 5.60. The molecule has 3 heterocycles. The van der Waals surface area contributed by atoms with Crippen molar-refractivity contribution in [1.82, 2.24) is 15.0 Å². The van der Waals surface area contributed by atoms with Crippen molar-refractivity contribution in [3.05, 3.63) is 42.4 Å². The molecule has 0 amide bonds. The number of aryl methyl sites for hydroxylation is 1. The molecule has 0 aliphatic rings. The molecule has 4 nitrogen and oxygen atoms in total. The Balaban J connectivity index is 2.19. The van der Waals surface area contributed by atoms with Crippen molar-refractivity contribution < 1.29 is 4.42 Å². The molecular weight excluding hydrogens is 202 g/mol. The Bertz CT molecular complexity index is 612. The number of fused-ring (bicyclic) bond motifs is 1. The summed E-state index contributed by atoms with van der Waals surface area (Å²) in [6, 6.07) is 5.66. The first-order valence-electron chi connectivity index (χ1n) is 4.96. The van der Waals surface area contributed by atoms with E-state index in [-0.39, 0.29) is 0 Å². The quantitative estimate of drug-likeness (QED) is 0.620. The largest absolute Gasteiger partial charge is 0.434 e. The average Bonchev–Trinajstić information content (AvgIpc) is 2.72. The summed E-state index contributed by atoms with van der Waals surface area (Å²) in [5.41, 5.74) is 3.27. The summed E-state index contributed by atoms with van der Waals surface area (Å²) >= 11 is 0. The van der Waals surface area contributed by atoms with Crippen LogP contribution in [0.15, 0.2) is 41.2 Å². The van der Waals surface area contributed by atoms with E-state index < -0.39 is 0 Å². The molecular formula is C12H9N3O. The maximum absolute atomic E-state index is 5.60. The molecule has 0 radical (unpaired) electrons. The smallest absolute Gasteiger partial charge is 0.230 e. The van der Waals surface area contributed by atoms with Gasteiger partial charge in [-0.25, -0.2) is 4.98 Å². The minimum Gasteiger partial charge on any atom is -0.434 e. The van der Waals surface area contributed by atoms with Gasteiger partial charge in [0.15, 0.2) is 11.2 Å². The number of hydrogen-bond acceptors (Lipinski definition) is 4. The second-order valence-electron chi connectivity index (χ2n) is 3.60. The molecule has 3 aromatic heterocycles. The fourth-order valence-corrected chi connectivity index (χ4v) is 1.56. The Hall–Kier alpha value is -2.23. The first kappa shape index (κ1) is 9.03. The van der Waals surface area contributed by atoms with Crippen molar-refractivity contribution in [3.63, 3.8) is 0 Å². The zero-order valence-electron chi connectivity index (χ0n) is 8.71. The van der Waals surface area contributed by atoms with Crippen LogP contribution in [0, 0.1) is 6.92 Å². The van der Waals surface area contributed by atoms with Gasteiger partial charge in [-0.05, 0) is 30.7 Å². The van der Waals surface area contributed by atoms with Gasteiger partial charge in [-0.15, -0.1) is 0 Å². The van der Waals surface area contributed by atoms with Crippen LogP contribution in [0.1, 0.15) is 5.56 Å². The Morgan fingerprint density at radius 2 is 2.19 bits per heavy atom. The topological polar surface area (TPSA) is 51.8 Å². The molecule has 0 saturated heterocycles. The van der Waals surface area contributed by atoms with Crippen molar-refractivity contribution in [1.29, 1.82) is 0 Å². The summed E-state index contributed by atoms with van der Waals surface area (Å²) in [5.74, 6) is 0.560. The fraction of sp³-hybridized carbons (Fsp3) is 0.0833. The molecule has 0 aliphatic heterocycles. The van der Waals surface area contributed by atoms with E-state index in [0.29, 0.717) is 17.1 Å². The van der Waals surface area contributed by atoms with Crippen LogP contribution in [0.5, 0.6) is 0 Å². The van der Waals surface area contributed by atoms with E-state index in [9.17, 15) is 0 Å². The first-order chi connectivity index (χ1) is 7.83. The maximum Gasteiger partial charge on any atom is 0.230 e. The summed E-state index contributed by atoms with van der Waals surface area (Å²) in [6.45, 7) is 1.98. The predicted octanol–water partition coefficient (Wildman–Crippen LogP) is 2.59. The van der Waals surface area contributed by atoms with E-state index in [2.05, 4.69) is 15.0 Å². The Kier molecular flexibility index (Phi) is 1.93. The highest BCUT2D eigenvalue weighted by molar-refractivity contribution is 5.71.